The summed E-state index contributed by atoms with van der Waals surface area (Å²) in [7, 11) is 0. The molecule has 84 valence electrons. The molecule has 0 amide bonds. The van der Waals surface area contributed by atoms with Crippen LogP contribution in [0.3, 0.4) is 0 Å². The molecule has 1 rings (SSSR count). The molecule has 0 aliphatic heterocycles. The first-order valence-corrected chi connectivity index (χ1v) is 9.63. The normalized spacial score (nSPS) is 13.1. The van der Waals surface area contributed by atoms with Gasteiger partial charge in [0, 0.05) is 18.4 Å². The van der Waals surface area contributed by atoms with Gasteiger partial charge in [-0.2, -0.15) is 0 Å². The first-order valence-electron chi connectivity index (χ1n) is 5.55. The molecule has 3 heteroatoms. The average Bonchev–Trinajstić information content (AvgIpc) is 2.29. The fourth-order valence-electron chi connectivity index (χ4n) is 1.52. The van der Waals surface area contributed by atoms with Gasteiger partial charge in [-0.3, -0.25) is 4.67 Å². The van der Waals surface area contributed by atoms with Crippen molar-refractivity contribution in [2.45, 2.75) is 26.7 Å². The lowest BCUT2D eigenvalue weighted by Gasteiger charge is -2.26. The summed E-state index contributed by atoms with van der Waals surface area (Å²) in [5.74, 6) is 0. The minimum atomic E-state index is -0.148. The summed E-state index contributed by atoms with van der Waals surface area (Å²) in [6, 6.07) is 10.9. The molecule has 1 aromatic rings. The standard InChI is InChI=1S/C12H19INP/c1-3-10-14(11-4-2)15(13)12-8-6-5-7-9-12/h5-9H,3-4,10-11H2,1-2H3. The number of benzene rings is 1. The fourth-order valence-corrected chi connectivity index (χ4v) is 5.27. The molecule has 0 aliphatic rings. The minimum absolute atomic E-state index is 0.148. The largest absolute Gasteiger partial charge is 0.270 e. The molecule has 0 saturated carbocycles. The summed E-state index contributed by atoms with van der Waals surface area (Å²) in [5.41, 5.74) is -0.148. The molecule has 0 saturated heterocycles. The molecule has 0 bridgehead atoms. The molecule has 0 aliphatic carbocycles. The third-order valence-electron chi connectivity index (χ3n) is 2.18. The van der Waals surface area contributed by atoms with E-state index < -0.39 is 0 Å². The van der Waals surface area contributed by atoms with Gasteiger partial charge in [0.05, 0.1) is 5.71 Å². The monoisotopic (exact) mass is 335 g/mol. The van der Waals surface area contributed by atoms with E-state index in [4.69, 9.17) is 0 Å². The minimum Gasteiger partial charge on any atom is -0.270 e. The van der Waals surface area contributed by atoms with E-state index in [1.807, 2.05) is 0 Å². The van der Waals surface area contributed by atoms with E-state index >= 15 is 0 Å². The third-order valence-corrected chi connectivity index (χ3v) is 7.30. The van der Waals surface area contributed by atoms with Crippen molar-refractivity contribution in [1.82, 2.24) is 4.67 Å². The summed E-state index contributed by atoms with van der Waals surface area (Å²) in [5, 5.41) is 1.48. The molecule has 0 aromatic heterocycles. The van der Waals surface area contributed by atoms with E-state index in [1.165, 1.54) is 31.2 Å². The van der Waals surface area contributed by atoms with Crippen LogP contribution in [0.15, 0.2) is 30.3 Å². The van der Waals surface area contributed by atoms with Crippen molar-refractivity contribution in [3.8, 4) is 0 Å². The smallest absolute Gasteiger partial charge is 0.0628 e. The molecule has 15 heavy (non-hydrogen) atoms. The van der Waals surface area contributed by atoms with Crippen LogP contribution < -0.4 is 5.30 Å². The Bertz CT molecular complexity index is 260. The summed E-state index contributed by atoms with van der Waals surface area (Å²) in [4.78, 5) is 0. The Hall–Kier alpha value is 0.340. The Morgan fingerprint density at radius 2 is 1.60 bits per heavy atom. The van der Waals surface area contributed by atoms with Crippen molar-refractivity contribution in [3.05, 3.63) is 30.3 Å². The number of nitrogens with zero attached hydrogens (tertiary/aromatic N) is 1. The summed E-state index contributed by atoms with van der Waals surface area (Å²) >= 11 is 2.61. The molecular weight excluding hydrogens is 316 g/mol. The molecule has 1 unspecified atom stereocenters. The van der Waals surface area contributed by atoms with Gasteiger partial charge in [0.1, 0.15) is 0 Å². The van der Waals surface area contributed by atoms with Crippen molar-refractivity contribution >= 4 is 33.1 Å². The van der Waals surface area contributed by atoms with Crippen LogP contribution in [0.4, 0.5) is 0 Å². The highest BCUT2D eigenvalue weighted by Crippen LogP contribution is 2.47. The molecule has 0 heterocycles. The van der Waals surface area contributed by atoms with E-state index in [0.717, 1.165) is 0 Å². The van der Waals surface area contributed by atoms with Gasteiger partial charge in [-0.1, -0.05) is 44.2 Å². The molecule has 0 fully saturated rings. The van der Waals surface area contributed by atoms with Crippen LogP contribution in [0.5, 0.6) is 0 Å². The predicted molar refractivity (Wildman–Crippen MR) is 79.2 cm³/mol. The van der Waals surface area contributed by atoms with Crippen molar-refractivity contribution in [2.75, 3.05) is 13.1 Å². The van der Waals surface area contributed by atoms with Crippen molar-refractivity contribution in [1.29, 1.82) is 0 Å². The van der Waals surface area contributed by atoms with Crippen molar-refractivity contribution < 1.29 is 0 Å². The Morgan fingerprint density at radius 3 is 2.07 bits per heavy atom. The maximum atomic E-state index is 2.62. The number of hydrogen-bond acceptors (Lipinski definition) is 1. The van der Waals surface area contributed by atoms with Gasteiger partial charge in [-0.05, 0) is 34.9 Å². The van der Waals surface area contributed by atoms with Crippen LogP contribution >= 0.6 is 27.8 Å². The zero-order chi connectivity index (χ0) is 11.1. The van der Waals surface area contributed by atoms with Crippen LogP contribution in [0.25, 0.3) is 0 Å². The molecule has 1 nitrogen and oxygen atoms in total. The zero-order valence-corrected chi connectivity index (χ0v) is 12.5. The highest BCUT2D eigenvalue weighted by molar-refractivity contribution is 14.2. The van der Waals surface area contributed by atoms with Gasteiger partial charge < -0.3 is 0 Å². The summed E-state index contributed by atoms with van der Waals surface area (Å²) < 4.78 is 2.62. The lowest BCUT2D eigenvalue weighted by molar-refractivity contribution is 0.462. The Morgan fingerprint density at radius 1 is 1.07 bits per heavy atom. The third kappa shape index (κ3) is 4.38. The van der Waals surface area contributed by atoms with E-state index in [9.17, 15) is 0 Å². The molecule has 0 N–H and O–H groups in total. The van der Waals surface area contributed by atoms with Crippen molar-refractivity contribution in [3.63, 3.8) is 0 Å². The maximum absolute atomic E-state index is 2.62. The van der Waals surface area contributed by atoms with Crippen LogP contribution in [0, 0.1) is 0 Å². The highest BCUT2D eigenvalue weighted by Gasteiger charge is 2.15. The Labute approximate surface area is 108 Å². The van der Waals surface area contributed by atoms with E-state index in [2.05, 4.69) is 70.9 Å². The van der Waals surface area contributed by atoms with Gasteiger partial charge in [-0.15, -0.1) is 0 Å². The second-order valence-corrected chi connectivity index (χ2v) is 7.89. The topological polar surface area (TPSA) is 3.24 Å². The van der Waals surface area contributed by atoms with Gasteiger partial charge in [0.2, 0.25) is 0 Å². The van der Waals surface area contributed by atoms with Gasteiger partial charge in [0.15, 0.2) is 0 Å². The van der Waals surface area contributed by atoms with Gasteiger partial charge >= 0.3 is 0 Å². The maximum Gasteiger partial charge on any atom is 0.0628 e. The van der Waals surface area contributed by atoms with E-state index in [-0.39, 0.29) is 5.71 Å². The second-order valence-electron chi connectivity index (χ2n) is 3.55. The second kappa shape index (κ2) is 7.59. The van der Waals surface area contributed by atoms with Crippen LogP contribution in [0.1, 0.15) is 26.7 Å². The first-order chi connectivity index (χ1) is 7.29. The van der Waals surface area contributed by atoms with Gasteiger partial charge in [0.25, 0.3) is 0 Å². The van der Waals surface area contributed by atoms with Gasteiger partial charge in [-0.25, -0.2) is 0 Å². The van der Waals surface area contributed by atoms with Crippen LogP contribution in [0.2, 0.25) is 0 Å². The lowest BCUT2D eigenvalue weighted by atomic mass is 10.4. The highest BCUT2D eigenvalue weighted by atomic mass is 127. The fraction of sp³-hybridized carbons (Fsp3) is 0.500. The molecule has 0 spiro atoms. The van der Waals surface area contributed by atoms with E-state index in [1.54, 1.807) is 0 Å². The van der Waals surface area contributed by atoms with Crippen molar-refractivity contribution in [2.24, 2.45) is 0 Å². The van der Waals surface area contributed by atoms with Crippen LogP contribution in [-0.4, -0.2) is 17.8 Å². The number of halogens is 1. The Balaban J connectivity index is 2.67. The predicted octanol–water partition coefficient (Wildman–Crippen LogP) is 4.18. The lowest BCUT2D eigenvalue weighted by Crippen LogP contribution is -2.22. The molecule has 1 aromatic carbocycles. The zero-order valence-electron chi connectivity index (χ0n) is 9.49. The summed E-state index contributed by atoms with van der Waals surface area (Å²) in [6.07, 6.45) is 2.49. The molecule has 1 atom stereocenters. The SMILES string of the molecule is CCCN(CCC)P(I)c1ccccc1. The Kier molecular flexibility index (Phi) is 6.78. The summed E-state index contributed by atoms with van der Waals surface area (Å²) in [6.45, 7) is 6.95. The quantitative estimate of drug-likeness (QED) is 0.557. The number of rotatable bonds is 6. The number of hydrogen-bond donors (Lipinski definition) is 0. The average molecular weight is 335 g/mol. The van der Waals surface area contributed by atoms with E-state index in [0.29, 0.717) is 0 Å². The first kappa shape index (κ1) is 13.4. The van der Waals surface area contributed by atoms with Crippen LogP contribution in [-0.2, 0) is 0 Å². The molecule has 0 radical (unpaired) electrons. The molecular formula is C12H19INP.